The molecule has 1 aromatic carbocycles. The number of pyridine rings is 1. The number of aromatic nitrogens is 1. The van der Waals surface area contributed by atoms with E-state index in [1.807, 2.05) is 24.3 Å². The maximum absolute atomic E-state index is 6.00. The lowest BCUT2D eigenvalue weighted by Gasteiger charge is -2.13. The molecule has 0 spiro atoms. The highest BCUT2D eigenvalue weighted by atomic mass is 16.5. The molecule has 0 saturated carbocycles. The zero-order valence-electron chi connectivity index (χ0n) is 10.4. The molecule has 1 unspecified atom stereocenters. The van der Waals surface area contributed by atoms with Crippen molar-refractivity contribution in [2.45, 2.75) is 19.3 Å². The Morgan fingerprint density at radius 1 is 1.28 bits per heavy atom. The van der Waals surface area contributed by atoms with E-state index < -0.39 is 0 Å². The third kappa shape index (κ3) is 1.77. The number of hydrogen-bond donors (Lipinski definition) is 1. The lowest BCUT2D eigenvalue weighted by molar-refractivity contribution is 0.474. The Labute approximate surface area is 107 Å². The smallest absolute Gasteiger partial charge is 0.149 e. The topological polar surface area (TPSA) is 48.1 Å². The molecule has 3 heteroatoms. The van der Waals surface area contributed by atoms with Crippen molar-refractivity contribution in [1.82, 2.24) is 4.98 Å². The van der Waals surface area contributed by atoms with E-state index in [1.165, 1.54) is 11.1 Å². The Bertz CT molecular complexity index is 580. The fraction of sp³-hybridized carbons (Fsp3) is 0.267. The summed E-state index contributed by atoms with van der Waals surface area (Å²) in [6.45, 7) is 2.69. The number of ether oxygens (including phenoxy) is 1. The van der Waals surface area contributed by atoms with E-state index in [4.69, 9.17) is 10.5 Å². The normalized spacial score (nSPS) is 17.3. The summed E-state index contributed by atoms with van der Waals surface area (Å²) in [6, 6.07) is 10.00. The lowest BCUT2D eigenvalue weighted by Crippen LogP contribution is -2.15. The molecular weight excluding hydrogens is 224 g/mol. The van der Waals surface area contributed by atoms with E-state index in [-0.39, 0.29) is 5.92 Å². The van der Waals surface area contributed by atoms with E-state index in [9.17, 15) is 0 Å². The van der Waals surface area contributed by atoms with Gasteiger partial charge in [0, 0.05) is 18.7 Å². The van der Waals surface area contributed by atoms with Gasteiger partial charge in [0.1, 0.15) is 11.5 Å². The number of rotatable bonds is 1. The minimum atomic E-state index is 0.226. The average molecular weight is 240 g/mol. The Hall–Kier alpha value is -1.87. The third-order valence-corrected chi connectivity index (χ3v) is 3.51. The van der Waals surface area contributed by atoms with E-state index >= 15 is 0 Å². The highest BCUT2D eigenvalue weighted by Crippen LogP contribution is 2.38. The maximum Gasteiger partial charge on any atom is 0.149 e. The van der Waals surface area contributed by atoms with Gasteiger partial charge in [0.15, 0.2) is 0 Å². The van der Waals surface area contributed by atoms with Gasteiger partial charge in [0.2, 0.25) is 0 Å². The zero-order chi connectivity index (χ0) is 12.5. The number of fused-ring (bicyclic) bond motifs is 2. The van der Waals surface area contributed by atoms with Crippen LogP contribution in [0.4, 0.5) is 0 Å². The van der Waals surface area contributed by atoms with Gasteiger partial charge in [-0.05, 0) is 42.7 Å². The first kappa shape index (κ1) is 11.2. The standard InChI is InChI=1S/C15H16N2O/c1-10-4-2-5-13-12(10)8-11(9-16)15-14(18-13)6-3-7-17-15/h2-7,11H,8-9,16H2,1H3. The summed E-state index contributed by atoms with van der Waals surface area (Å²) in [5.74, 6) is 1.99. The Morgan fingerprint density at radius 3 is 2.94 bits per heavy atom. The lowest BCUT2D eigenvalue weighted by atomic mass is 9.93. The van der Waals surface area contributed by atoms with Gasteiger partial charge in [-0.15, -0.1) is 0 Å². The van der Waals surface area contributed by atoms with E-state index in [0.29, 0.717) is 6.54 Å². The first-order chi connectivity index (χ1) is 8.79. The highest BCUT2D eigenvalue weighted by molar-refractivity contribution is 5.47. The molecule has 0 fully saturated rings. The van der Waals surface area contributed by atoms with Gasteiger partial charge in [-0.1, -0.05) is 12.1 Å². The molecule has 2 aromatic rings. The third-order valence-electron chi connectivity index (χ3n) is 3.51. The molecule has 0 bridgehead atoms. The van der Waals surface area contributed by atoms with Gasteiger partial charge >= 0.3 is 0 Å². The molecule has 0 radical (unpaired) electrons. The molecular formula is C15H16N2O. The number of hydrogen-bond acceptors (Lipinski definition) is 3. The van der Waals surface area contributed by atoms with Gasteiger partial charge in [-0.2, -0.15) is 0 Å². The molecule has 2 N–H and O–H groups in total. The van der Waals surface area contributed by atoms with Gasteiger partial charge in [-0.25, -0.2) is 0 Å². The monoisotopic (exact) mass is 240 g/mol. The molecule has 1 aliphatic rings. The largest absolute Gasteiger partial charge is 0.455 e. The van der Waals surface area contributed by atoms with Crippen molar-refractivity contribution in [1.29, 1.82) is 0 Å². The van der Waals surface area contributed by atoms with Gasteiger partial charge < -0.3 is 10.5 Å². The maximum atomic E-state index is 6.00. The minimum Gasteiger partial charge on any atom is -0.455 e. The van der Waals surface area contributed by atoms with Crippen LogP contribution in [0.25, 0.3) is 0 Å². The second-order valence-corrected chi connectivity index (χ2v) is 4.68. The van der Waals surface area contributed by atoms with Crippen molar-refractivity contribution < 1.29 is 4.74 Å². The van der Waals surface area contributed by atoms with Gasteiger partial charge in [0.25, 0.3) is 0 Å². The Kier molecular flexibility index (Phi) is 2.76. The summed E-state index contributed by atoms with van der Waals surface area (Å²) in [5.41, 5.74) is 9.36. The van der Waals surface area contributed by atoms with Crippen LogP contribution in [0.2, 0.25) is 0 Å². The number of benzene rings is 1. The summed E-state index contributed by atoms with van der Waals surface area (Å²) in [4.78, 5) is 4.44. The molecule has 3 rings (SSSR count). The van der Waals surface area contributed by atoms with E-state index in [1.54, 1.807) is 6.20 Å². The molecule has 1 aromatic heterocycles. The van der Waals surface area contributed by atoms with Crippen LogP contribution in [0.3, 0.4) is 0 Å². The zero-order valence-corrected chi connectivity index (χ0v) is 10.4. The molecule has 0 amide bonds. The predicted molar refractivity (Wildman–Crippen MR) is 71.0 cm³/mol. The van der Waals surface area contributed by atoms with Crippen molar-refractivity contribution in [3.8, 4) is 11.5 Å². The molecule has 0 aliphatic carbocycles. The van der Waals surface area contributed by atoms with Crippen LogP contribution in [0.1, 0.15) is 22.7 Å². The Morgan fingerprint density at radius 2 is 2.11 bits per heavy atom. The van der Waals surface area contributed by atoms with Crippen LogP contribution >= 0.6 is 0 Å². The van der Waals surface area contributed by atoms with Crippen molar-refractivity contribution in [2.75, 3.05) is 6.54 Å². The van der Waals surface area contributed by atoms with Crippen molar-refractivity contribution in [2.24, 2.45) is 5.73 Å². The summed E-state index contributed by atoms with van der Waals surface area (Å²) in [7, 11) is 0. The highest BCUT2D eigenvalue weighted by Gasteiger charge is 2.24. The van der Waals surface area contributed by atoms with Crippen LogP contribution in [0, 0.1) is 6.92 Å². The summed E-state index contributed by atoms with van der Waals surface area (Å²) < 4.78 is 6.00. The molecule has 92 valence electrons. The first-order valence-corrected chi connectivity index (χ1v) is 6.21. The fourth-order valence-corrected chi connectivity index (χ4v) is 2.48. The molecule has 0 saturated heterocycles. The minimum absolute atomic E-state index is 0.226. The van der Waals surface area contributed by atoms with Crippen molar-refractivity contribution >= 4 is 0 Å². The summed E-state index contributed by atoms with van der Waals surface area (Å²) in [6.07, 6.45) is 2.69. The Balaban J connectivity index is 2.16. The second-order valence-electron chi connectivity index (χ2n) is 4.68. The van der Waals surface area contributed by atoms with Crippen LogP contribution in [0.5, 0.6) is 11.5 Å². The summed E-state index contributed by atoms with van der Waals surface area (Å²) >= 11 is 0. The van der Waals surface area contributed by atoms with Crippen LogP contribution in [-0.4, -0.2) is 11.5 Å². The van der Waals surface area contributed by atoms with E-state index in [2.05, 4.69) is 18.0 Å². The number of aryl methyl sites for hydroxylation is 1. The second kappa shape index (κ2) is 4.42. The molecule has 1 atom stereocenters. The van der Waals surface area contributed by atoms with Crippen LogP contribution in [-0.2, 0) is 6.42 Å². The fourth-order valence-electron chi connectivity index (χ4n) is 2.48. The molecule has 1 aliphatic heterocycles. The van der Waals surface area contributed by atoms with Crippen molar-refractivity contribution in [3.63, 3.8) is 0 Å². The molecule has 3 nitrogen and oxygen atoms in total. The van der Waals surface area contributed by atoms with Gasteiger partial charge in [-0.3, -0.25) is 4.98 Å². The average Bonchev–Trinajstić information content (AvgIpc) is 2.55. The first-order valence-electron chi connectivity index (χ1n) is 6.21. The molecule has 2 heterocycles. The number of nitrogens with two attached hydrogens (primary N) is 1. The van der Waals surface area contributed by atoms with E-state index in [0.717, 1.165) is 23.6 Å². The number of nitrogens with zero attached hydrogens (tertiary/aromatic N) is 1. The quantitative estimate of drug-likeness (QED) is 0.833. The summed E-state index contributed by atoms with van der Waals surface area (Å²) in [5, 5.41) is 0. The SMILES string of the molecule is Cc1cccc2c1CC(CN)c1ncccc1O2. The van der Waals surface area contributed by atoms with Crippen LogP contribution < -0.4 is 10.5 Å². The predicted octanol–water partition coefficient (Wildman–Crippen LogP) is 2.78. The van der Waals surface area contributed by atoms with Gasteiger partial charge in [0.05, 0.1) is 5.69 Å². The van der Waals surface area contributed by atoms with Crippen LogP contribution in [0.15, 0.2) is 36.5 Å². The van der Waals surface area contributed by atoms with Crippen molar-refractivity contribution in [3.05, 3.63) is 53.3 Å². The molecule has 18 heavy (non-hydrogen) atoms.